The highest BCUT2D eigenvalue weighted by molar-refractivity contribution is 5.96. The van der Waals surface area contributed by atoms with Crippen LogP contribution in [0.5, 0.6) is 0 Å². The van der Waals surface area contributed by atoms with Crippen molar-refractivity contribution < 1.29 is 9.90 Å². The quantitative estimate of drug-likeness (QED) is 0.793. The Balaban J connectivity index is 1.58. The van der Waals surface area contributed by atoms with Crippen LogP contribution in [0.2, 0.25) is 0 Å². The number of aryl methyl sites for hydroxylation is 1. The predicted octanol–water partition coefficient (Wildman–Crippen LogP) is 1.94. The standard InChI is InChI=1S/C17H24N2O2/c20-11-14-6-3-5-13(14)10-18-16-9-8-12-4-1-2-7-15(12)19-17(16)21/h1-2,4,7,13-14,16,18,20H,3,5-6,8-11H2,(H,19,21). The first-order valence-electron chi connectivity index (χ1n) is 8.01. The van der Waals surface area contributed by atoms with E-state index in [2.05, 4.69) is 16.7 Å². The number of amides is 1. The largest absolute Gasteiger partial charge is 0.396 e. The smallest absolute Gasteiger partial charge is 0.241 e. The van der Waals surface area contributed by atoms with Crippen molar-refractivity contribution in [3.8, 4) is 0 Å². The molecule has 0 radical (unpaired) electrons. The molecule has 3 rings (SSSR count). The van der Waals surface area contributed by atoms with Gasteiger partial charge in [0.2, 0.25) is 5.91 Å². The summed E-state index contributed by atoms with van der Waals surface area (Å²) in [6.45, 7) is 1.11. The van der Waals surface area contributed by atoms with Crippen LogP contribution in [0.4, 0.5) is 5.69 Å². The molecule has 3 N–H and O–H groups in total. The van der Waals surface area contributed by atoms with Crippen molar-refractivity contribution in [1.29, 1.82) is 0 Å². The lowest BCUT2D eigenvalue weighted by Crippen LogP contribution is -2.42. The van der Waals surface area contributed by atoms with E-state index in [9.17, 15) is 9.90 Å². The van der Waals surface area contributed by atoms with E-state index in [1.807, 2.05) is 18.2 Å². The van der Waals surface area contributed by atoms with Crippen LogP contribution >= 0.6 is 0 Å². The number of carbonyl (C=O) groups excluding carboxylic acids is 1. The minimum absolute atomic E-state index is 0.0681. The molecule has 1 aliphatic heterocycles. The van der Waals surface area contributed by atoms with E-state index in [4.69, 9.17) is 0 Å². The second-order valence-electron chi connectivity index (χ2n) is 6.28. The Morgan fingerprint density at radius 1 is 1.19 bits per heavy atom. The molecule has 1 aliphatic carbocycles. The minimum atomic E-state index is -0.127. The fraction of sp³-hybridized carbons (Fsp3) is 0.588. The summed E-state index contributed by atoms with van der Waals surface area (Å²) in [5.74, 6) is 0.982. The highest BCUT2D eigenvalue weighted by atomic mass is 16.3. The summed E-state index contributed by atoms with van der Waals surface area (Å²) in [6, 6.07) is 7.89. The second kappa shape index (κ2) is 6.58. The van der Waals surface area contributed by atoms with Crippen LogP contribution in [0, 0.1) is 11.8 Å². The van der Waals surface area contributed by atoms with Crippen LogP contribution in [0.25, 0.3) is 0 Å². The van der Waals surface area contributed by atoms with E-state index in [-0.39, 0.29) is 18.6 Å². The number of aliphatic hydroxyl groups excluding tert-OH is 1. The van der Waals surface area contributed by atoms with Crippen LogP contribution < -0.4 is 10.6 Å². The molecule has 114 valence electrons. The molecule has 1 heterocycles. The number of aliphatic hydroxyl groups is 1. The van der Waals surface area contributed by atoms with Crippen LogP contribution in [0.3, 0.4) is 0 Å². The van der Waals surface area contributed by atoms with Crippen molar-refractivity contribution in [2.75, 3.05) is 18.5 Å². The Bertz CT molecular complexity index is 503. The minimum Gasteiger partial charge on any atom is -0.396 e. The molecule has 1 amide bonds. The van der Waals surface area contributed by atoms with Gasteiger partial charge in [0.25, 0.3) is 0 Å². The summed E-state index contributed by atoms with van der Waals surface area (Å²) in [6.07, 6.45) is 5.22. The monoisotopic (exact) mass is 288 g/mol. The van der Waals surface area contributed by atoms with Crippen LogP contribution in [-0.4, -0.2) is 30.2 Å². The lowest BCUT2D eigenvalue weighted by Gasteiger charge is -2.21. The first-order chi connectivity index (χ1) is 10.3. The maximum atomic E-state index is 12.3. The van der Waals surface area contributed by atoms with Gasteiger partial charge in [-0.25, -0.2) is 0 Å². The average molecular weight is 288 g/mol. The Morgan fingerprint density at radius 2 is 2.00 bits per heavy atom. The zero-order valence-electron chi connectivity index (χ0n) is 12.3. The molecule has 3 unspecified atom stereocenters. The third-order valence-corrected chi connectivity index (χ3v) is 4.97. The number of carbonyl (C=O) groups is 1. The molecule has 1 aromatic carbocycles. The molecule has 1 fully saturated rings. The molecule has 4 heteroatoms. The number of para-hydroxylation sites is 1. The molecule has 4 nitrogen and oxygen atoms in total. The first-order valence-corrected chi connectivity index (χ1v) is 8.01. The second-order valence-corrected chi connectivity index (χ2v) is 6.28. The molecule has 0 saturated heterocycles. The van der Waals surface area contributed by atoms with Crippen molar-refractivity contribution in [1.82, 2.24) is 5.32 Å². The van der Waals surface area contributed by atoms with Gasteiger partial charge < -0.3 is 15.7 Å². The molecular weight excluding hydrogens is 264 g/mol. The van der Waals surface area contributed by atoms with E-state index >= 15 is 0 Å². The highest BCUT2D eigenvalue weighted by Gasteiger charge is 2.29. The van der Waals surface area contributed by atoms with Crippen molar-refractivity contribution >= 4 is 11.6 Å². The number of benzene rings is 1. The summed E-state index contributed by atoms with van der Waals surface area (Å²) >= 11 is 0. The third kappa shape index (κ3) is 3.27. The van der Waals surface area contributed by atoms with Crippen LogP contribution in [-0.2, 0) is 11.2 Å². The molecule has 0 bridgehead atoms. The Kier molecular flexibility index (Phi) is 4.56. The maximum Gasteiger partial charge on any atom is 0.241 e. The molecule has 2 aliphatic rings. The number of anilines is 1. The summed E-state index contributed by atoms with van der Waals surface area (Å²) in [7, 11) is 0. The number of fused-ring (bicyclic) bond motifs is 1. The normalized spacial score (nSPS) is 28.8. The van der Waals surface area contributed by atoms with Crippen LogP contribution in [0.15, 0.2) is 24.3 Å². The van der Waals surface area contributed by atoms with Gasteiger partial charge in [-0.2, -0.15) is 0 Å². The molecule has 0 aromatic heterocycles. The zero-order valence-corrected chi connectivity index (χ0v) is 12.3. The fourth-order valence-electron chi connectivity index (χ4n) is 3.62. The van der Waals surface area contributed by atoms with Gasteiger partial charge in [-0.15, -0.1) is 0 Å². The summed E-state index contributed by atoms with van der Waals surface area (Å²) < 4.78 is 0. The summed E-state index contributed by atoms with van der Waals surface area (Å²) in [5.41, 5.74) is 2.16. The number of hydrogen-bond donors (Lipinski definition) is 3. The predicted molar refractivity (Wildman–Crippen MR) is 83.1 cm³/mol. The number of nitrogens with one attached hydrogen (secondary N) is 2. The SMILES string of the molecule is O=C1Nc2ccccc2CCC1NCC1CCCC1CO. The fourth-order valence-corrected chi connectivity index (χ4v) is 3.62. The maximum absolute atomic E-state index is 12.3. The van der Waals surface area contributed by atoms with Crippen molar-refractivity contribution in [3.63, 3.8) is 0 Å². The van der Waals surface area contributed by atoms with E-state index < -0.39 is 0 Å². The molecule has 21 heavy (non-hydrogen) atoms. The Hall–Kier alpha value is -1.39. The van der Waals surface area contributed by atoms with E-state index in [0.29, 0.717) is 11.8 Å². The molecule has 1 saturated carbocycles. The third-order valence-electron chi connectivity index (χ3n) is 4.97. The molecule has 1 aromatic rings. The van der Waals surface area contributed by atoms with Crippen molar-refractivity contribution in [2.24, 2.45) is 11.8 Å². The first kappa shape index (κ1) is 14.5. The molecular formula is C17H24N2O2. The van der Waals surface area contributed by atoms with Gasteiger partial charge in [-0.1, -0.05) is 24.6 Å². The van der Waals surface area contributed by atoms with Gasteiger partial charge >= 0.3 is 0 Å². The highest BCUT2D eigenvalue weighted by Crippen LogP contribution is 2.31. The van der Waals surface area contributed by atoms with Crippen molar-refractivity contribution in [3.05, 3.63) is 29.8 Å². The average Bonchev–Trinajstić information content (AvgIpc) is 2.89. The Labute approximate surface area is 125 Å². The zero-order chi connectivity index (χ0) is 14.7. The van der Waals surface area contributed by atoms with Crippen molar-refractivity contribution in [2.45, 2.75) is 38.1 Å². The van der Waals surface area contributed by atoms with Gasteiger partial charge in [0.05, 0.1) is 6.04 Å². The topological polar surface area (TPSA) is 61.4 Å². The molecule has 0 spiro atoms. The van der Waals surface area contributed by atoms with Gasteiger partial charge in [0.15, 0.2) is 0 Å². The lowest BCUT2D eigenvalue weighted by atomic mass is 9.96. The molecule has 3 atom stereocenters. The van der Waals surface area contributed by atoms with E-state index in [0.717, 1.165) is 37.9 Å². The summed E-state index contributed by atoms with van der Waals surface area (Å²) in [4.78, 5) is 12.3. The van der Waals surface area contributed by atoms with Gasteiger partial charge in [0, 0.05) is 12.3 Å². The van der Waals surface area contributed by atoms with Crippen LogP contribution in [0.1, 0.15) is 31.2 Å². The summed E-state index contributed by atoms with van der Waals surface area (Å²) in [5, 5.41) is 15.8. The van der Waals surface area contributed by atoms with E-state index in [1.165, 1.54) is 12.0 Å². The number of rotatable bonds is 4. The van der Waals surface area contributed by atoms with Gasteiger partial charge in [-0.3, -0.25) is 4.79 Å². The van der Waals surface area contributed by atoms with E-state index in [1.54, 1.807) is 0 Å². The lowest BCUT2D eigenvalue weighted by molar-refractivity contribution is -0.118. The van der Waals surface area contributed by atoms with Gasteiger partial charge in [0.1, 0.15) is 0 Å². The van der Waals surface area contributed by atoms with Gasteiger partial charge in [-0.05, 0) is 55.7 Å². The Morgan fingerprint density at radius 3 is 2.86 bits per heavy atom. The number of hydrogen-bond acceptors (Lipinski definition) is 3.